The number of phosphoric acid groups is 1. The summed E-state index contributed by atoms with van der Waals surface area (Å²) >= 11 is 0. The van der Waals surface area contributed by atoms with Crippen LogP contribution in [0.1, 0.15) is 20.3 Å². The standard InChI is InChI=1S/C14H24N2O9P/c1-5-15-13(19)22-9-24-26(20)23-8-14(2,3)11(25-26)12(18)16-7-6-10(17)21-4/h11H,1,5-9H2,2-4H3,(H,15,19)(H,16,18)/t11-,26?/m0/s1. The van der Waals surface area contributed by atoms with Gasteiger partial charge in [-0.3, -0.25) is 18.6 Å². The van der Waals surface area contributed by atoms with Gasteiger partial charge >= 0.3 is 19.9 Å². The van der Waals surface area contributed by atoms with Gasteiger partial charge < -0.3 is 20.1 Å². The molecule has 0 aromatic heterocycles. The van der Waals surface area contributed by atoms with Crippen LogP contribution in [0.3, 0.4) is 0 Å². The van der Waals surface area contributed by atoms with E-state index in [2.05, 4.69) is 27.0 Å². The van der Waals surface area contributed by atoms with E-state index in [1.807, 2.05) is 0 Å². The number of hydrogen-bond acceptors (Lipinski definition) is 9. The van der Waals surface area contributed by atoms with Crippen molar-refractivity contribution in [2.45, 2.75) is 26.4 Å². The molecule has 1 saturated heterocycles. The minimum absolute atomic E-state index is 0.0186. The summed E-state index contributed by atoms with van der Waals surface area (Å²) in [5.41, 5.74) is -0.807. The van der Waals surface area contributed by atoms with Gasteiger partial charge in [0.25, 0.3) is 0 Å². The van der Waals surface area contributed by atoms with Gasteiger partial charge in [-0.2, -0.15) is 0 Å². The molecule has 12 heteroatoms. The number of nitrogens with one attached hydrogen (secondary N) is 2. The number of ether oxygens (including phenoxy) is 2. The minimum atomic E-state index is -4.11. The molecule has 11 nitrogen and oxygen atoms in total. The van der Waals surface area contributed by atoms with Crippen molar-refractivity contribution in [2.24, 2.45) is 5.41 Å². The third-order valence-corrected chi connectivity index (χ3v) is 4.64. The third kappa shape index (κ3) is 6.91. The summed E-state index contributed by atoms with van der Waals surface area (Å²) in [5, 5.41) is 4.75. The van der Waals surface area contributed by atoms with E-state index < -0.39 is 44.1 Å². The van der Waals surface area contributed by atoms with Crippen molar-refractivity contribution in [2.75, 3.05) is 33.6 Å². The normalized spacial score (nSPS) is 24.4. The molecule has 26 heavy (non-hydrogen) atoms. The monoisotopic (exact) mass is 395 g/mol. The highest BCUT2D eigenvalue weighted by Gasteiger charge is 2.49. The van der Waals surface area contributed by atoms with Gasteiger partial charge in [0.05, 0.1) is 20.1 Å². The summed E-state index contributed by atoms with van der Waals surface area (Å²) in [6, 6.07) is 0. The van der Waals surface area contributed by atoms with E-state index >= 15 is 0 Å². The molecule has 1 heterocycles. The molecule has 2 amide bonds. The maximum Gasteiger partial charge on any atom is 0.478 e. The highest BCUT2D eigenvalue weighted by Crippen LogP contribution is 2.57. The van der Waals surface area contributed by atoms with Gasteiger partial charge in [-0.15, -0.1) is 0 Å². The molecule has 1 aliphatic rings. The average molecular weight is 395 g/mol. The lowest BCUT2D eigenvalue weighted by atomic mass is 9.87. The summed E-state index contributed by atoms with van der Waals surface area (Å²) < 4.78 is 36.7. The summed E-state index contributed by atoms with van der Waals surface area (Å²) in [5.74, 6) is -1.06. The molecule has 1 rings (SSSR count). The molecule has 1 unspecified atom stereocenters. The number of amides is 2. The van der Waals surface area contributed by atoms with Crippen LogP contribution in [0, 0.1) is 12.3 Å². The molecule has 0 aromatic carbocycles. The highest BCUT2D eigenvalue weighted by molar-refractivity contribution is 7.48. The Bertz CT molecular complexity index is 567. The second-order valence-electron chi connectivity index (χ2n) is 5.92. The van der Waals surface area contributed by atoms with Crippen LogP contribution < -0.4 is 10.6 Å². The van der Waals surface area contributed by atoms with Crippen LogP contribution >= 0.6 is 7.82 Å². The fraction of sp³-hybridized carbons (Fsp3) is 0.714. The van der Waals surface area contributed by atoms with Gasteiger partial charge in [0.2, 0.25) is 12.7 Å². The fourth-order valence-electron chi connectivity index (χ4n) is 1.87. The molecule has 0 saturated carbocycles. The van der Waals surface area contributed by atoms with Gasteiger partial charge in [0.15, 0.2) is 6.10 Å². The zero-order chi connectivity index (χ0) is 19.8. The molecular formula is C14H24N2O9P. The number of alkyl carbamates (subject to hydrolysis) is 1. The van der Waals surface area contributed by atoms with Crippen molar-refractivity contribution >= 4 is 25.8 Å². The van der Waals surface area contributed by atoms with Crippen molar-refractivity contribution in [3.05, 3.63) is 6.92 Å². The van der Waals surface area contributed by atoms with Gasteiger partial charge in [-0.25, -0.2) is 13.9 Å². The number of carbonyl (C=O) groups excluding carboxylic acids is 3. The predicted octanol–water partition coefficient (Wildman–Crippen LogP) is 0.750. The zero-order valence-corrected chi connectivity index (χ0v) is 15.8. The van der Waals surface area contributed by atoms with Crippen LogP contribution in [0.4, 0.5) is 4.79 Å². The average Bonchev–Trinajstić information content (AvgIpc) is 2.57. The van der Waals surface area contributed by atoms with Crippen LogP contribution in [0.5, 0.6) is 0 Å². The van der Waals surface area contributed by atoms with Crippen molar-refractivity contribution in [3.8, 4) is 0 Å². The molecule has 2 N–H and O–H groups in total. The van der Waals surface area contributed by atoms with Gasteiger partial charge in [0.1, 0.15) is 0 Å². The van der Waals surface area contributed by atoms with E-state index in [-0.39, 0.29) is 26.1 Å². The lowest BCUT2D eigenvalue weighted by Gasteiger charge is -2.39. The molecule has 2 atom stereocenters. The van der Waals surface area contributed by atoms with Gasteiger partial charge in [0, 0.05) is 18.5 Å². The van der Waals surface area contributed by atoms with Crippen LogP contribution in [0.15, 0.2) is 0 Å². The Morgan fingerprint density at radius 1 is 1.31 bits per heavy atom. The van der Waals surface area contributed by atoms with E-state index in [1.165, 1.54) is 7.11 Å². The Morgan fingerprint density at radius 3 is 2.62 bits per heavy atom. The van der Waals surface area contributed by atoms with E-state index in [4.69, 9.17) is 13.6 Å². The second kappa shape index (κ2) is 9.86. The topological polar surface area (TPSA) is 138 Å². The Balaban J connectivity index is 2.60. The molecule has 0 bridgehead atoms. The summed E-state index contributed by atoms with van der Waals surface area (Å²) in [6.45, 7) is 6.10. The van der Waals surface area contributed by atoms with E-state index in [0.717, 1.165) is 0 Å². The summed E-state index contributed by atoms with van der Waals surface area (Å²) in [4.78, 5) is 34.5. The smallest absolute Gasteiger partial charge is 0.469 e. The number of phosphoric ester groups is 1. The Kier molecular flexibility index (Phi) is 8.48. The predicted molar refractivity (Wildman–Crippen MR) is 87.6 cm³/mol. The lowest BCUT2D eigenvalue weighted by molar-refractivity contribution is -0.144. The van der Waals surface area contributed by atoms with E-state index in [0.29, 0.717) is 0 Å². The number of hydrogen-bond donors (Lipinski definition) is 2. The maximum absolute atomic E-state index is 12.5. The molecule has 149 valence electrons. The molecule has 1 aliphatic heterocycles. The Morgan fingerprint density at radius 2 is 2.00 bits per heavy atom. The molecule has 0 aliphatic carbocycles. The van der Waals surface area contributed by atoms with Crippen molar-refractivity contribution < 1.29 is 42.0 Å². The largest absolute Gasteiger partial charge is 0.478 e. The van der Waals surface area contributed by atoms with E-state index in [1.54, 1.807) is 13.8 Å². The van der Waals surface area contributed by atoms with Gasteiger partial charge in [-0.1, -0.05) is 13.8 Å². The van der Waals surface area contributed by atoms with Crippen LogP contribution in [-0.2, 0) is 37.2 Å². The maximum atomic E-state index is 12.5. The molecule has 1 fully saturated rings. The SMILES string of the molecule is [CH2]CNC(=O)OCOP1(=O)OCC(C)(C)[C@H](C(=O)NCCC(=O)OC)O1. The number of esters is 1. The summed E-state index contributed by atoms with van der Waals surface area (Å²) in [6.07, 6.45) is -2.00. The van der Waals surface area contributed by atoms with Crippen LogP contribution in [0.25, 0.3) is 0 Å². The molecular weight excluding hydrogens is 371 g/mol. The first-order valence-corrected chi connectivity index (χ1v) is 9.21. The number of methoxy groups -OCH3 is 1. The fourth-order valence-corrected chi connectivity index (χ4v) is 3.38. The first-order valence-electron chi connectivity index (χ1n) is 7.75. The first kappa shape index (κ1) is 22.4. The minimum Gasteiger partial charge on any atom is -0.469 e. The Hall–Kier alpha value is -1.68. The zero-order valence-electron chi connectivity index (χ0n) is 14.9. The second-order valence-corrected chi connectivity index (χ2v) is 7.54. The van der Waals surface area contributed by atoms with Crippen LogP contribution in [-0.4, -0.2) is 57.7 Å². The summed E-state index contributed by atoms with van der Waals surface area (Å²) in [7, 11) is -2.87. The number of carbonyl (C=O) groups is 3. The van der Waals surface area contributed by atoms with E-state index in [9.17, 15) is 18.9 Å². The van der Waals surface area contributed by atoms with Gasteiger partial charge in [-0.05, 0) is 6.92 Å². The molecule has 0 spiro atoms. The highest BCUT2D eigenvalue weighted by atomic mass is 31.2. The number of rotatable bonds is 8. The first-order chi connectivity index (χ1) is 12.1. The third-order valence-electron chi connectivity index (χ3n) is 3.30. The Labute approximate surface area is 151 Å². The molecule has 0 aromatic rings. The quantitative estimate of drug-likeness (QED) is 0.346. The van der Waals surface area contributed by atoms with Crippen molar-refractivity contribution in [1.82, 2.24) is 10.6 Å². The van der Waals surface area contributed by atoms with Crippen molar-refractivity contribution in [1.29, 1.82) is 0 Å². The molecule has 1 radical (unpaired) electrons. The van der Waals surface area contributed by atoms with Crippen LogP contribution in [0.2, 0.25) is 0 Å². The lowest BCUT2D eigenvalue weighted by Crippen LogP contribution is -2.50. The van der Waals surface area contributed by atoms with Crippen molar-refractivity contribution in [3.63, 3.8) is 0 Å².